The second-order valence-electron chi connectivity index (χ2n) is 7.40. The van der Waals surface area contributed by atoms with Gasteiger partial charge in [0.15, 0.2) is 12.4 Å². The van der Waals surface area contributed by atoms with Crippen molar-refractivity contribution in [3.63, 3.8) is 0 Å². The van der Waals surface area contributed by atoms with Crippen molar-refractivity contribution >= 4 is 40.6 Å². The lowest BCUT2D eigenvalue weighted by Crippen LogP contribution is -2.24. The fourth-order valence-electron chi connectivity index (χ4n) is 3.49. The van der Waals surface area contributed by atoms with Crippen LogP contribution in [0.15, 0.2) is 72.8 Å². The summed E-state index contributed by atoms with van der Waals surface area (Å²) in [5.74, 6) is 0.123. The number of benzene rings is 3. The van der Waals surface area contributed by atoms with Gasteiger partial charge in [0.2, 0.25) is 5.91 Å². The number of ether oxygens (including phenoxy) is 1. The van der Waals surface area contributed by atoms with Gasteiger partial charge in [-0.15, -0.1) is 0 Å². The van der Waals surface area contributed by atoms with Crippen LogP contribution < -0.4 is 15.0 Å². The Bertz CT molecular complexity index is 1140. The largest absolute Gasteiger partial charge is 0.484 e. The number of amides is 2. The summed E-state index contributed by atoms with van der Waals surface area (Å²) in [6.07, 6.45) is 1.39. The monoisotopic (exact) mass is 448 g/mol. The maximum absolute atomic E-state index is 12.5. The van der Waals surface area contributed by atoms with Crippen LogP contribution in [0.3, 0.4) is 0 Å². The van der Waals surface area contributed by atoms with Gasteiger partial charge in [-0.25, -0.2) is 0 Å². The fourth-order valence-corrected chi connectivity index (χ4v) is 3.62. The minimum atomic E-state index is -0.323. The zero-order valence-corrected chi connectivity index (χ0v) is 18.0. The molecule has 2 amide bonds. The molecule has 3 aromatic rings. The molecular weight excluding hydrogens is 428 g/mol. The number of halogens is 1. The van der Waals surface area contributed by atoms with E-state index in [-0.39, 0.29) is 24.2 Å². The smallest absolute Gasteiger partial charge is 0.262 e. The van der Waals surface area contributed by atoms with E-state index in [4.69, 9.17) is 16.3 Å². The molecule has 0 radical (unpaired) electrons. The lowest BCUT2D eigenvalue weighted by Gasteiger charge is -2.16. The first-order chi connectivity index (χ1) is 15.5. The molecule has 7 heteroatoms. The minimum absolute atomic E-state index is 0.0924. The molecule has 32 heavy (non-hydrogen) atoms. The van der Waals surface area contributed by atoms with Crippen molar-refractivity contribution in [2.24, 2.45) is 0 Å². The molecular formula is C25H21ClN2O4. The number of nitrogens with one attached hydrogen (secondary N) is 1. The van der Waals surface area contributed by atoms with Gasteiger partial charge in [0.1, 0.15) is 5.75 Å². The number of carbonyl (C=O) groups is 3. The van der Waals surface area contributed by atoms with E-state index in [2.05, 4.69) is 5.32 Å². The predicted molar refractivity (Wildman–Crippen MR) is 123 cm³/mol. The summed E-state index contributed by atoms with van der Waals surface area (Å²) in [5, 5.41) is 3.35. The fraction of sp³-hybridized carbons (Fsp3) is 0.160. The van der Waals surface area contributed by atoms with Crippen molar-refractivity contribution < 1.29 is 19.1 Å². The number of hydrogen-bond acceptors (Lipinski definition) is 4. The number of ketones is 1. The first kappa shape index (κ1) is 21.6. The van der Waals surface area contributed by atoms with Crippen LogP contribution in [0.4, 0.5) is 11.4 Å². The van der Waals surface area contributed by atoms with E-state index in [1.165, 1.54) is 0 Å². The minimum Gasteiger partial charge on any atom is -0.484 e. The highest BCUT2D eigenvalue weighted by Gasteiger charge is 2.21. The molecule has 0 atom stereocenters. The van der Waals surface area contributed by atoms with E-state index in [1.807, 2.05) is 6.07 Å². The number of rotatable bonds is 7. The molecule has 4 rings (SSSR count). The highest BCUT2D eigenvalue weighted by molar-refractivity contribution is 6.30. The van der Waals surface area contributed by atoms with Gasteiger partial charge in [-0.05, 0) is 73.2 Å². The molecule has 0 aromatic heterocycles. The van der Waals surface area contributed by atoms with Gasteiger partial charge in [-0.2, -0.15) is 0 Å². The van der Waals surface area contributed by atoms with Gasteiger partial charge >= 0.3 is 0 Å². The zero-order valence-electron chi connectivity index (χ0n) is 17.2. The van der Waals surface area contributed by atoms with Crippen molar-refractivity contribution in [2.75, 3.05) is 23.4 Å². The molecule has 1 N–H and O–H groups in total. The lowest BCUT2D eigenvalue weighted by molar-refractivity contribution is -0.118. The molecule has 162 valence electrons. The van der Waals surface area contributed by atoms with Crippen molar-refractivity contribution in [3.05, 3.63) is 88.9 Å². The number of carbonyl (C=O) groups excluding carboxylic acids is 3. The average Bonchev–Trinajstić information content (AvgIpc) is 3.24. The summed E-state index contributed by atoms with van der Waals surface area (Å²) in [7, 11) is 0. The van der Waals surface area contributed by atoms with E-state index < -0.39 is 0 Å². The highest BCUT2D eigenvalue weighted by Crippen LogP contribution is 2.24. The molecule has 1 aliphatic rings. The van der Waals surface area contributed by atoms with Crippen molar-refractivity contribution in [1.82, 2.24) is 0 Å². The van der Waals surface area contributed by atoms with Gasteiger partial charge in [0.05, 0.1) is 0 Å². The molecule has 0 unspecified atom stereocenters. The van der Waals surface area contributed by atoms with Gasteiger partial charge < -0.3 is 15.0 Å². The van der Waals surface area contributed by atoms with Crippen LogP contribution in [0.1, 0.15) is 28.8 Å². The standard InChI is InChI=1S/C25H21ClN2O4/c26-19-10-6-17(7-11-19)25(31)18-8-12-22(13-9-18)32-16-23(29)27-20-3-1-4-21(15-20)28-14-2-5-24(28)30/h1,3-4,6-13,15H,2,5,14,16H2,(H,27,29). The Hall–Kier alpha value is -3.64. The summed E-state index contributed by atoms with van der Waals surface area (Å²) >= 11 is 5.86. The maximum atomic E-state index is 12.5. The van der Waals surface area contributed by atoms with Crippen LogP contribution >= 0.6 is 11.6 Å². The average molecular weight is 449 g/mol. The van der Waals surface area contributed by atoms with Crippen LogP contribution in [0.5, 0.6) is 5.75 Å². The molecule has 1 aliphatic heterocycles. The Morgan fingerprint density at radius 2 is 1.66 bits per heavy atom. The first-order valence-electron chi connectivity index (χ1n) is 10.2. The summed E-state index contributed by atoms with van der Waals surface area (Å²) in [4.78, 5) is 38.4. The van der Waals surface area contributed by atoms with Crippen LogP contribution in [0, 0.1) is 0 Å². The van der Waals surface area contributed by atoms with Crippen LogP contribution in [-0.4, -0.2) is 30.7 Å². The number of hydrogen-bond donors (Lipinski definition) is 1. The van der Waals surface area contributed by atoms with Crippen molar-refractivity contribution in [1.29, 1.82) is 0 Å². The maximum Gasteiger partial charge on any atom is 0.262 e. The Morgan fingerprint density at radius 3 is 2.31 bits per heavy atom. The van der Waals surface area contributed by atoms with Crippen LogP contribution in [0.2, 0.25) is 5.02 Å². The molecule has 6 nitrogen and oxygen atoms in total. The Labute approximate surface area is 190 Å². The summed E-state index contributed by atoms with van der Waals surface area (Å²) in [6.45, 7) is 0.507. The highest BCUT2D eigenvalue weighted by atomic mass is 35.5. The third kappa shape index (κ3) is 5.15. The van der Waals surface area contributed by atoms with Gasteiger partial charge in [0.25, 0.3) is 5.91 Å². The lowest BCUT2D eigenvalue weighted by atomic mass is 10.0. The molecule has 0 spiro atoms. The van der Waals surface area contributed by atoms with Crippen LogP contribution in [-0.2, 0) is 9.59 Å². The molecule has 0 saturated carbocycles. The second kappa shape index (κ2) is 9.66. The Balaban J connectivity index is 1.32. The Morgan fingerprint density at radius 1 is 0.969 bits per heavy atom. The molecule has 0 aliphatic carbocycles. The summed E-state index contributed by atoms with van der Waals surface area (Å²) < 4.78 is 5.54. The van der Waals surface area contributed by atoms with Crippen molar-refractivity contribution in [2.45, 2.75) is 12.8 Å². The number of anilines is 2. The van der Waals surface area contributed by atoms with E-state index in [0.717, 1.165) is 12.1 Å². The summed E-state index contributed by atoms with van der Waals surface area (Å²) in [5.41, 5.74) is 2.42. The van der Waals surface area contributed by atoms with Gasteiger partial charge in [-0.1, -0.05) is 17.7 Å². The number of nitrogens with zero attached hydrogens (tertiary/aromatic N) is 1. The molecule has 1 saturated heterocycles. The van der Waals surface area contributed by atoms with E-state index in [1.54, 1.807) is 71.6 Å². The van der Waals surface area contributed by atoms with Crippen molar-refractivity contribution in [3.8, 4) is 5.75 Å². The zero-order chi connectivity index (χ0) is 22.5. The molecule has 1 heterocycles. The molecule has 1 fully saturated rings. The molecule has 0 bridgehead atoms. The second-order valence-corrected chi connectivity index (χ2v) is 7.83. The van der Waals surface area contributed by atoms with Gasteiger partial charge in [0, 0.05) is 40.5 Å². The van der Waals surface area contributed by atoms with E-state index >= 15 is 0 Å². The van der Waals surface area contributed by atoms with Gasteiger partial charge in [-0.3, -0.25) is 14.4 Å². The van der Waals surface area contributed by atoms with E-state index in [9.17, 15) is 14.4 Å². The topological polar surface area (TPSA) is 75.7 Å². The normalized spacial score (nSPS) is 13.2. The third-order valence-electron chi connectivity index (χ3n) is 5.11. The predicted octanol–water partition coefficient (Wildman–Crippen LogP) is 4.72. The van der Waals surface area contributed by atoms with Crippen LogP contribution in [0.25, 0.3) is 0 Å². The molecule has 3 aromatic carbocycles. The first-order valence-corrected chi connectivity index (χ1v) is 10.6. The van der Waals surface area contributed by atoms with E-state index in [0.29, 0.717) is 40.6 Å². The quantitative estimate of drug-likeness (QED) is 0.531. The summed E-state index contributed by atoms with van der Waals surface area (Å²) in [6, 6.07) is 20.5. The third-order valence-corrected chi connectivity index (χ3v) is 5.36. The SMILES string of the molecule is O=C(COc1ccc(C(=O)c2ccc(Cl)cc2)cc1)Nc1cccc(N2CCCC2=O)c1. The Kier molecular flexibility index (Phi) is 6.52.